The molecule has 116 valence electrons. The predicted octanol–water partition coefficient (Wildman–Crippen LogP) is 2.06. The van der Waals surface area contributed by atoms with Crippen molar-refractivity contribution in [3.8, 4) is 5.88 Å². The number of nitrogens with zero attached hydrogens (tertiary/aromatic N) is 3. The summed E-state index contributed by atoms with van der Waals surface area (Å²) in [5.74, 6) is -0.684. The average Bonchev–Trinajstić information content (AvgIpc) is 3.20. The molecule has 1 aliphatic rings. The van der Waals surface area contributed by atoms with Crippen LogP contribution in [0.1, 0.15) is 29.4 Å². The molecule has 0 N–H and O–H groups in total. The SMILES string of the molecule is CCc1ncnc(O[C@@H]2CCN(C(=O)c3ccoc3)C2)c1F. The van der Waals surface area contributed by atoms with Gasteiger partial charge in [-0.1, -0.05) is 6.92 Å². The van der Waals surface area contributed by atoms with Crippen LogP contribution in [0.25, 0.3) is 0 Å². The van der Waals surface area contributed by atoms with Crippen LogP contribution < -0.4 is 4.74 Å². The molecule has 1 fully saturated rings. The average molecular weight is 305 g/mol. The van der Waals surface area contributed by atoms with E-state index in [0.29, 0.717) is 37.2 Å². The minimum atomic E-state index is -0.524. The number of amides is 1. The van der Waals surface area contributed by atoms with E-state index in [-0.39, 0.29) is 17.9 Å². The summed E-state index contributed by atoms with van der Waals surface area (Å²) in [5, 5.41) is 0. The Balaban J connectivity index is 1.65. The fourth-order valence-electron chi connectivity index (χ4n) is 2.45. The Labute approximate surface area is 126 Å². The number of aromatic nitrogens is 2. The van der Waals surface area contributed by atoms with E-state index in [1.54, 1.807) is 11.0 Å². The molecule has 1 atom stereocenters. The van der Waals surface area contributed by atoms with Gasteiger partial charge in [-0.2, -0.15) is 9.37 Å². The largest absolute Gasteiger partial charge is 0.472 e. The normalized spacial score (nSPS) is 17.7. The molecule has 0 saturated carbocycles. The van der Waals surface area contributed by atoms with E-state index >= 15 is 0 Å². The van der Waals surface area contributed by atoms with Crippen LogP contribution in [-0.2, 0) is 6.42 Å². The van der Waals surface area contributed by atoms with Crippen LogP contribution >= 0.6 is 0 Å². The van der Waals surface area contributed by atoms with Crippen molar-refractivity contribution in [2.24, 2.45) is 0 Å². The van der Waals surface area contributed by atoms with E-state index in [1.165, 1.54) is 18.9 Å². The van der Waals surface area contributed by atoms with E-state index < -0.39 is 5.82 Å². The third-order valence-corrected chi connectivity index (χ3v) is 3.64. The van der Waals surface area contributed by atoms with E-state index in [4.69, 9.17) is 9.15 Å². The maximum absolute atomic E-state index is 14.1. The lowest BCUT2D eigenvalue weighted by molar-refractivity contribution is 0.0769. The number of aryl methyl sites for hydroxylation is 1. The second kappa shape index (κ2) is 6.13. The van der Waals surface area contributed by atoms with Crippen LogP contribution in [0, 0.1) is 5.82 Å². The van der Waals surface area contributed by atoms with Gasteiger partial charge in [0.1, 0.15) is 18.7 Å². The Morgan fingerprint density at radius 3 is 3.14 bits per heavy atom. The summed E-state index contributed by atoms with van der Waals surface area (Å²) >= 11 is 0. The molecule has 0 unspecified atom stereocenters. The van der Waals surface area contributed by atoms with Crippen LogP contribution in [0.15, 0.2) is 29.3 Å². The van der Waals surface area contributed by atoms with Gasteiger partial charge in [0.25, 0.3) is 11.8 Å². The van der Waals surface area contributed by atoms with Crippen molar-refractivity contribution in [3.05, 3.63) is 42.0 Å². The molecule has 0 radical (unpaired) electrons. The van der Waals surface area contributed by atoms with Gasteiger partial charge in [0.15, 0.2) is 0 Å². The summed E-state index contributed by atoms with van der Waals surface area (Å²) in [7, 11) is 0. The minimum Gasteiger partial charge on any atom is -0.472 e. The molecule has 6 nitrogen and oxygen atoms in total. The van der Waals surface area contributed by atoms with Crippen molar-refractivity contribution in [2.45, 2.75) is 25.9 Å². The predicted molar refractivity (Wildman–Crippen MR) is 75.0 cm³/mol. The topological polar surface area (TPSA) is 68.5 Å². The Hall–Kier alpha value is -2.44. The number of carbonyl (C=O) groups is 1. The third-order valence-electron chi connectivity index (χ3n) is 3.64. The lowest BCUT2D eigenvalue weighted by Gasteiger charge is -2.16. The van der Waals surface area contributed by atoms with E-state index in [2.05, 4.69) is 9.97 Å². The number of likely N-dealkylation sites (tertiary alicyclic amines) is 1. The van der Waals surface area contributed by atoms with Crippen LogP contribution in [0.2, 0.25) is 0 Å². The zero-order chi connectivity index (χ0) is 15.5. The highest BCUT2D eigenvalue weighted by Gasteiger charge is 2.29. The van der Waals surface area contributed by atoms with Gasteiger partial charge in [0.2, 0.25) is 5.82 Å². The van der Waals surface area contributed by atoms with Gasteiger partial charge in [-0.15, -0.1) is 0 Å². The monoisotopic (exact) mass is 305 g/mol. The number of hydrogen-bond acceptors (Lipinski definition) is 5. The maximum atomic E-state index is 14.1. The zero-order valence-corrected chi connectivity index (χ0v) is 12.2. The molecule has 2 aromatic heterocycles. The Morgan fingerprint density at radius 2 is 2.41 bits per heavy atom. The Morgan fingerprint density at radius 1 is 1.55 bits per heavy atom. The van der Waals surface area contributed by atoms with Crippen molar-refractivity contribution in [1.82, 2.24) is 14.9 Å². The van der Waals surface area contributed by atoms with Crippen molar-refractivity contribution in [3.63, 3.8) is 0 Å². The second-order valence-corrected chi connectivity index (χ2v) is 5.08. The number of rotatable bonds is 4. The van der Waals surface area contributed by atoms with Crippen LogP contribution in [0.4, 0.5) is 4.39 Å². The molecule has 7 heteroatoms. The van der Waals surface area contributed by atoms with Crippen LogP contribution in [0.3, 0.4) is 0 Å². The first-order valence-corrected chi connectivity index (χ1v) is 7.16. The number of furan rings is 1. The molecule has 0 aliphatic carbocycles. The van der Waals surface area contributed by atoms with Crippen molar-refractivity contribution < 1.29 is 18.3 Å². The molecule has 2 aromatic rings. The molecule has 3 heterocycles. The smallest absolute Gasteiger partial charge is 0.257 e. The van der Waals surface area contributed by atoms with E-state index in [0.717, 1.165) is 0 Å². The highest BCUT2D eigenvalue weighted by Crippen LogP contribution is 2.22. The fourth-order valence-corrected chi connectivity index (χ4v) is 2.45. The van der Waals surface area contributed by atoms with Gasteiger partial charge in [-0.3, -0.25) is 4.79 Å². The molecule has 0 spiro atoms. The fraction of sp³-hybridized carbons (Fsp3) is 0.400. The summed E-state index contributed by atoms with van der Waals surface area (Å²) in [6, 6.07) is 1.62. The first-order valence-electron chi connectivity index (χ1n) is 7.16. The molecule has 22 heavy (non-hydrogen) atoms. The first-order chi connectivity index (χ1) is 10.7. The standard InChI is InChI=1S/C15H16FN3O3/c1-2-12-13(16)14(18-9-17-12)22-11-3-5-19(7-11)15(20)10-4-6-21-8-10/h4,6,8-9,11H,2-3,5,7H2,1H3/t11-/m1/s1. The molecule has 1 amide bonds. The van der Waals surface area contributed by atoms with Crippen molar-refractivity contribution in [2.75, 3.05) is 13.1 Å². The van der Waals surface area contributed by atoms with Gasteiger partial charge < -0.3 is 14.1 Å². The zero-order valence-electron chi connectivity index (χ0n) is 12.2. The van der Waals surface area contributed by atoms with Gasteiger partial charge in [-0.25, -0.2) is 4.98 Å². The quantitative estimate of drug-likeness (QED) is 0.865. The molecular weight excluding hydrogens is 289 g/mol. The van der Waals surface area contributed by atoms with Crippen LogP contribution in [0.5, 0.6) is 5.88 Å². The number of carbonyl (C=O) groups excluding carboxylic acids is 1. The second-order valence-electron chi connectivity index (χ2n) is 5.08. The van der Waals surface area contributed by atoms with E-state index in [1.807, 2.05) is 6.92 Å². The Bertz CT molecular complexity index is 660. The van der Waals surface area contributed by atoms with Crippen molar-refractivity contribution in [1.29, 1.82) is 0 Å². The number of halogens is 1. The highest BCUT2D eigenvalue weighted by atomic mass is 19.1. The number of hydrogen-bond donors (Lipinski definition) is 0. The summed E-state index contributed by atoms with van der Waals surface area (Å²) in [5.41, 5.74) is 0.830. The van der Waals surface area contributed by atoms with E-state index in [9.17, 15) is 9.18 Å². The third kappa shape index (κ3) is 2.79. The Kier molecular flexibility index (Phi) is 4.04. The first kappa shape index (κ1) is 14.5. The molecular formula is C15H16FN3O3. The van der Waals surface area contributed by atoms with Gasteiger partial charge in [-0.05, 0) is 12.5 Å². The van der Waals surface area contributed by atoms with Crippen molar-refractivity contribution >= 4 is 5.91 Å². The van der Waals surface area contributed by atoms with Gasteiger partial charge in [0.05, 0.1) is 24.1 Å². The summed E-state index contributed by atoms with van der Waals surface area (Å²) in [4.78, 5) is 21.6. The summed E-state index contributed by atoms with van der Waals surface area (Å²) in [6.45, 7) is 2.77. The lowest BCUT2D eigenvalue weighted by Crippen LogP contribution is -2.30. The minimum absolute atomic E-state index is 0.0468. The molecule has 3 rings (SSSR count). The molecule has 0 aromatic carbocycles. The van der Waals surface area contributed by atoms with Gasteiger partial charge >= 0.3 is 0 Å². The maximum Gasteiger partial charge on any atom is 0.257 e. The molecule has 0 bridgehead atoms. The summed E-state index contributed by atoms with van der Waals surface area (Å²) in [6.07, 6.45) is 4.99. The lowest BCUT2D eigenvalue weighted by atomic mass is 10.3. The summed E-state index contributed by atoms with van der Waals surface area (Å²) < 4.78 is 24.6. The van der Waals surface area contributed by atoms with Gasteiger partial charge in [0, 0.05) is 13.0 Å². The molecule has 1 aliphatic heterocycles. The van der Waals surface area contributed by atoms with Crippen LogP contribution in [-0.4, -0.2) is 40.0 Å². The highest BCUT2D eigenvalue weighted by molar-refractivity contribution is 5.94. The molecule has 1 saturated heterocycles. The number of ether oxygens (including phenoxy) is 1.